The van der Waals surface area contributed by atoms with Gasteiger partial charge in [-0.2, -0.15) is 0 Å². The lowest BCUT2D eigenvalue weighted by atomic mass is 9.99. The summed E-state index contributed by atoms with van der Waals surface area (Å²) < 4.78 is 1.12. The molecule has 0 spiro atoms. The Morgan fingerprint density at radius 1 is 1.05 bits per heavy atom. The van der Waals surface area contributed by atoms with Crippen molar-refractivity contribution in [1.29, 1.82) is 0 Å². The molecule has 2 nitrogen and oxygen atoms in total. The Hall–Kier alpha value is -1.32. The van der Waals surface area contributed by atoms with Gasteiger partial charge in [0.2, 0.25) is 0 Å². The van der Waals surface area contributed by atoms with Crippen LogP contribution in [0.5, 0.6) is 0 Å². The highest BCUT2D eigenvalue weighted by molar-refractivity contribution is 9.10. The highest BCUT2D eigenvalue weighted by Crippen LogP contribution is 2.23. The van der Waals surface area contributed by atoms with Crippen LogP contribution in [0, 0.1) is 0 Å². The van der Waals surface area contributed by atoms with Crippen LogP contribution in [0.1, 0.15) is 17.2 Å². The van der Waals surface area contributed by atoms with E-state index in [9.17, 15) is 0 Å². The van der Waals surface area contributed by atoms with E-state index in [1.165, 1.54) is 16.8 Å². The minimum Gasteiger partial charge on any atom is -0.378 e. The van der Waals surface area contributed by atoms with Gasteiger partial charge in [-0.05, 0) is 35.7 Å². The molecule has 0 aliphatic rings. The summed E-state index contributed by atoms with van der Waals surface area (Å²) in [6, 6.07) is 16.7. The van der Waals surface area contributed by atoms with Crippen molar-refractivity contribution in [3.63, 3.8) is 0 Å². The fourth-order valence-corrected chi connectivity index (χ4v) is 2.49. The molecule has 0 aliphatic carbocycles. The zero-order chi connectivity index (χ0) is 13.8. The molecule has 0 aliphatic heterocycles. The van der Waals surface area contributed by atoms with Gasteiger partial charge in [-0.25, -0.2) is 0 Å². The van der Waals surface area contributed by atoms with Crippen LogP contribution in [0.2, 0.25) is 0 Å². The first kappa shape index (κ1) is 14.1. The molecule has 1 atom stereocenters. The van der Waals surface area contributed by atoms with Gasteiger partial charge in [-0.3, -0.25) is 0 Å². The quantitative estimate of drug-likeness (QED) is 0.930. The molecular weight excluding hydrogens is 300 g/mol. The molecule has 0 fully saturated rings. The van der Waals surface area contributed by atoms with Gasteiger partial charge in [0.25, 0.3) is 0 Å². The Balaban J connectivity index is 2.12. The summed E-state index contributed by atoms with van der Waals surface area (Å²) in [5.41, 5.74) is 9.89. The van der Waals surface area contributed by atoms with Crippen LogP contribution in [0.3, 0.4) is 0 Å². The van der Waals surface area contributed by atoms with Crippen molar-refractivity contribution >= 4 is 21.6 Å². The molecule has 3 heteroatoms. The van der Waals surface area contributed by atoms with E-state index in [0.29, 0.717) is 0 Å². The number of hydrogen-bond donors (Lipinski definition) is 1. The zero-order valence-electron chi connectivity index (χ0n) is 11.3. The average Bonchev–Trinajstić information content (AvgIpc) is 2.41. The predicted octanol–water partition coefficient (Wildman–Crippen LogP) is 3.76. The highest BCUT2D eigenvalue weighted by atomic mass is 79.9. The van der Waals surface area contributed by atoms with Gasteiger partial charge in [-0.1, -0.05) is 46.3 Å². The number of anilines is 1. The van der Waals surface area contributed by atoms with Crippen LogP contribution in [0.15, 0.2) is 53.0 Å². The second-order valence-corrected chi connectivity index (χ2v) is 5.74. The third-order valence-electron chi connectivity index (χ3n) is 3.24. The molecule has 100 valence electrons. The second kappa shape index (κ2) is 6.22. The lowest BCUT2D eigenvalue weighted by molar-refractivity contribution is 0.720. The molecule has 19 heavy (non-hydrogen) atoms. The topological polar surface area (TPSA) is 29.3 Å². The molecule has 0 bridgehead atoms. The molecule has 2 aromatic carbocycles. The highest BCUT2D eigenvalue weighted by Gasteiger charge is 2.09. The molecule has 2 rings (SSSR count). The van der Waals surface area contributed by atoms with E-state index in [4.69, 9.17) is 5.73 Å². The Morgan fingerprint density at radius 2 is 1.68 bits per heavy atom. The van der Waals surface area contributed by atoms with Crippen LogP contribution in [-0.4, -0.2) is 14.1 Å². The van der Waals surface area contributed by atoms with E-state index < -0.39 is 0 Å². The first-order valence-corrected chi connectivity index (χ1v) is 7.13. The molecule has 0 amide bonds. The first-order valence-electron chi connectivity index (χ1n) is 6.34. The van der Waals surface area contributed by atoms with Gasteiger partial charge in [0.05, 0.1) is 0 Å². The zero-order valence-corrected chi connectivity index (χ0v) is 12.9. The van der Waals surface area contributed by atoms with Gasteiger partial charge in [0.15, 0.2) is 0 Å². The Kier molecular flexibility index (Phi) is 4.61. The van der Waals surface area contributed by atoms with Crippen LogP contribution < -0.4 is 10.6 Å². The summed E-state index contributed by atoms with van der Waals surface area (Å²) in [4.78, 5) is 2.09. The Morgan fingerprint density at radius 3 is 2.26 bits per heavy atom. The van der Waals surface area contributed by atoms with Crippen molar-refractivity contribution in [3.8, 4) is 0 Å². The van der Waals surface area contributed by atoms with Crippen molar-refractivity contribution in [2.24, 2.45) is 5.73 Å². The van der Waals surface area contributed by atoms with Crippen molar-refractivity contribution in [2.45, 2.75) is 12.5 Å². The molecule has 0 radical (unpaired) electrons. The minimum atomic E-state index is 0.0231. The first-order chi connectivity index (χ1) is 9.08. The summed E-state index contributed by atoms with van der Waals surface area (Å²) in [7, 11) is 4.08. The normalized spacial score (nSPS) is 12.2. The van der Waals surface area contributed by atoms with Crippen LogP contribution >= 0.6 is 15.9 Å². The minimum absolute atomic E-state index is 0.0231. The van der Waals surface area contributed by atoms with E-state index in [0.717, 1.165) is 10.9 Å². The van der Waals surface area contributed by atoms with E-state index in [1.807, 2.05) is 26.2 Å². The fourth-order valence-electron chi connectivity index (χ4n) is 2.04. The molecule has 2 aromatic rings. The smallest absolute Gasteiger partial charge is 0.0361 e. The van der Waals surface area contributed by atoms with Gasteiger partial charge < -0.3 is 10.6 Å². The lowest BCUT2D eigenvalue weighted by Crippen LogP contribution is -2.14. The molecule has 1 unspecified atom stereocenters. The maximum atomic E-state index is 6.29. The van der Waals surface area contributed by atoms with Crippen LogP contribution in [0.25, 0.3) is 0 Å². The summed E-state index contributed by atoms with van der Waals surface area (Å²) in [6.07, 6.45) is 0.836. The predicted molar refractivity (Wildman–Crippen MR) is 85.5 cm³/mol. The molecule has 0 heterocycles. The van der Waals surface area contributed by atoms with Gasteiger partial charge >= 0.3 is 0 Å². The third-order valence-corrected chi connectivity index (χ3v) is 4.01. The molecule has 2 N–H and O–H groups in total. The van der Waals surface area contributed by atoms with Crippen molar-refractivity contribution < 1.29 is 0 Å². The van der Waals surface area contributed by atoms with E-state index in [-0.39, 0.29) is 6.04 Å². The number of nitrogens with two attached hydrogens (primary N) is 1. The monoisotopic (exact) mass is 318 g/mol. The number of benzene rings is 2. The van der Waals surface area contributed by atoms with E-state index in [2.05, 4.69) is 57.2 Å². The molecule has 0 saturated carbocycles. The molecule has 0 aromatic heterocycles. The number of hydrogen-bond acceptors (Lipinski definition) is 2. The maximum Gasteiger partial charge on any atom is 0.0361 e. The summed E-state index contributed by atoms with van der Waals surface area (Å²) in [5, 5.41) is 0. The van der Waals surface area contributed by atoms with E-state index >= 15 is 0 Å². The lowest BCUT2D eigenvalue weighted by Gasteiger charge is -2.16. The van der Waals surface area contributed by atoms with Crippen molar-refractivity contribution in [1.82, 2.24) is 0 Å². The SMILES string of the molecule is CN(C)c1ccc(C(N)Cc2ccccc2Br)cc1. The van der Waals surface area contributed by atoms with Gasteiger partial charge in [-0.15, -0.1) is 0 Å². The van der Waals surface area contributed by atoms with Gasteiger partial charge in [0, 0.05) is 30.3 Å². The molecule has 0 saturated heterocycles. The number of halogens is 1. The van der Waals surface area contributed by atoms with Gasteiger partial charge in [0.1, 0.15) is 0 Å². The average molecular weight is 319 g/mol. The summed E-state index contributed by atoms with van der Waals surface area (Å²) >= 11 is 3.57. The summed E-state index contributed by atoms with van der Waals surface area (Å²) in [6.45, 7) is 0. The number of nitrogens with zero attached hydrogens (tertiary/aromatic N) is 1. The number of rotatable bonds is 4. The Bertz CT molecular complexity index is 535. The standard InChI is InChI=1S/C16H19BrN2/c1-19(2)14-9-7-12(8-10-14)16(18)11-13-5-3-4-6-15(13)17/h3-10,16H,11,18H2,1-2H3. The fraction of sp³-hybridized carbons (Fsp3) is 0.250. The van der Waals surface area contributed by atoms with Crippen molar-refractivity contribution in [3.05, 3.63) is 64.1 Å². The van der Waals surface area contributed by atoms with Crippen molar-refractivity contribution in [2.75, 3.05) is 19.0 Å². The maximum absolute atomic E-state index is 6.29. The van der Waals surface area contributed by atoms with Crippen LogP contribution in [0.4, 0.5) is 5.69 Å². The largest absolute Gasteiger partial charge is 0.378 e. The van der Waals surface area contributed by atoms with Crippen LogP contribution in [-0.2, 0) is 6.42 Å². The third kappa shape index (κ3) is 3.58. The second-order valence-electron chi connectivity index (χ2n) is 4.89. The van der Waals surface area contributed by atoms with E-state index in [1.54, 1.807) is 0 Å². The Labute approximate surface area is 123 Å². The summed E-state index contributed by atoms with van der Waals surface area (Å²) in [5.74, 6) is 0. The molecular formula is C16H19BrN2.